The molecule has 25 heavy (non-hydrogen) atoms. The van der Waals surface area contributed by atoms with Gasteiger partial charge in [0.25, 0.3) is 5.56 Å². The summed E-state index contributed by atoms with van der Waals surface area (Å²) in [6, 6.07) is 8.27. The summed E-state index contributed by atoms with van der Waals surface area (Å²) in [5.41, 5.74) is 3.50. The van der Waals surface area contributed by atoms with Crippen LogP contribution in [-0.2, 0) is 19.5 Å². The molecule has 126 valence electrons. The smallest absolute Gasteiger partial charge is 0.255 e. The molecule has 6 nitrogen and oxygen atoms in total. The zero-order chi connectivity index (χ0) is 17.2. The van der Waals surface area contributed by atoms with Gasteiger partial charge in [-0.05, 0) is 17.7 Å². The van der Waals surface area contributed by atoms with Crippen molar-refractivity contribution in [2.75, 3.05) is 6.54 Å². The lowest BCUT2D eigenvalue weighted by Crippen LogP contribution is -2.35. The summed E-state index contributed by atoms with van der Waals surface area (Å²) in [4.78, 5) is 30.3. The summed E-state index contributed by atoms with van der Waals surface area (Å²) in [7, 11) is 0. The summed E-state index contributed by atoms with van der Waals surface area (Å²) < 4.78 is 1.07. The third-order valence-corrected chi connectivity index (χ3v) is 4.83. The molecule has 2 aromatic heterocycles. The first-order valence-corrected chi connectivity index (χ1v) is 8.82. The molecule has 0 bridgehead atoms. The van der Waals surface area contributed by atoms with Gasteiger partial charge in [0.05, 0.1) is 16.8 Å². The number of halogens is 1. The van der Waals surface area contributed by atoms with E-state index in [9.17, 15) is 4.79 Å². The molecule has 0 amide bonds. The second-order valence-electron chi connectivity index (χ2n) is 6.05. The molecule has 1 aliphatic rings. The van der Waals surface area contributed by atoms with Crippen LogP contribution < -0.4 is 5.56 Å². The normalized spacial score (nSPS) is 14.3. The van der Waals surface area contributed by atoms with Gasteiger partial charge in [-0.3, -0.25) is 9.69 Å². The Labute approximate surface area is 153 Å². The first-order chi connectivity index (χ1) is 12.2. The monoisotopic (exact) mass is 397 g/mol. The summed E-state index contributed by atoms with van der Waals surface area (Å²) in [5.74, 6) is 0.533. The van der Waals surface area contributed by atoms with Crippen LogP contribution in [0.3, 0.4) is 0 Å². The van der Waals surface area contributed by atoms with Gasteiger partial charge in [-0.2, -0.15) is 0 Å². The topological polar surface area (TPSA) is 74.8 Å². The predicted molar refractivity (Wildman–Crippen MR) is 97.8 cm³/mol. The molecule has 3 aromatic rings. The second-order valence-corrected chi connectivity index (χ2v) is 6.97. The molecule has 1 aromatic carbocycles. The van der Waals surface area contributed by atoms with E-state index in [4.69, 9.17) is 0 Å². The Morgan fingerprint density at radius 1 is 1.16 bits per heavy atom. The van der Waals surface area contributed by atoms with Gasteiger partial charge in [0.2, 0.25) is 0 Å². The lowest BCUT2D eigenvalue weighted by molar-refractivity contribution is 0.242. The number of aromatic amines is 1. The third kappa shape index (κ3) is 3.52. The largest absolute Gasteiger partial charge is 0.306 e. The van der Waals surface area contributed by atoms with Gasteiger partial charge in [-0.15, -0.1) is 0 Å². The molecule has 1 aliphatic heterocycles. The Hall–Kier alpha value is -2.38. The van der Waals surface area contributed by atoms with Crippen LogP contribution in [-0.4, -0.2) is 31.4 Å². The van der Waals surface area contributed by atoms with Gasteiger partial charge in [0, 0.05) is 42.9 Å². The lowest BCUT2D eigenvalue weighted by Gasteiger charge is -2.27. The van der Waals surface area contributed by atoms with Crippen molar-refractivity contribution >= 4 is 15.9 Å². The van der Waals surface area contributed by atoms with Gasteiger partial charge < -0.3 is 4.98 Å². The van der Waals surface area contributed by atoms with Crippen molar-refractivity contribution in [3.05, 3.63) is 74.6 Å². The lowest BCUT2D eigenvalue weighted by atomic mass is 10.1. The molecule has 0 atom stereocenters. The van der Waals surface area contributed by atoms with E-state index in [2.05, 4.69) is 52.9 Å². The molecular formula is C18H16BrN5O. The number of hydrogen-bond donors (Lipinski definition) is 1. The number of benzene rings is 1. The Balaban J connectivity index is 1.57. The number of rotatable bonds is 3. The number of nitrogens with one attached hydrogen (secondary N) is 1. The Kier molecular flexibility index (Phi) is 4.42. The van der Waals surface area contributed by atoms with Crippen LogP contribution in [0.5, 0.6) is 0 Å². The highest BCUT2D eigenvalue weighted by molar-refractivity contribution is 9.10. The van der Waals surface area contributed by atoms with Gasteiger partial charge in [-0.1, -0.05) is 28.1 Å². The van der Waals surface area contributed by atoms with Crippen molar-refractivity contribution in [1.82, 2.24) is 24.8 Å². The maximum atomic E-state index is 12.5. The molecule has 0 spiro atoms. The highest BCUT2D eigenvalue weighted by Gasteiger charge is 2.21. The molecule has 0 radical (unpaired) electrons. The zero-order valence-electron chi connectivity index (χ0n) is 13.4. The van der Waals surface area contributed by atoms with Crippen molar-refractivity contribution in [2.45, 2.75) is 19.5 Å². The zero-order valence-corrected chi connectivity index (χ0v) is 15.0. The standard InChI is InChI=1S/C18H16BrN5O/c19-14-3-1-12(2-4-14)9-24-6-5-16-15(10-24)18(25)23-17(22-16)13-7-20-11-21-8-13/h1-4,7-8,11H,5-6,9-10H2,(H,22,23,25). The highest BCUT2D eigenvalue weighted by atomic mass is 79.9. The third-order valence-electron chi connectivity index (χ3n) is 4.30. The first-order valence-electron chi connectivity index (χ1n) is 8.03. The molecule has 0 fully saturated rings. The fraction of sp³-hybridized carbons (Fsp3) is 0.222. The molecular weight excluding hydrogens is 382 g/mol. The number of nitrogens with zero attached hydrogens (tertiary/aromatic N) is 4. The van der Waals surface area contributed by atoms with Crippen molar-refractivity contribution in [3.63, 3.8) is 0 Å². The number of fused-ring (bicyclic) bond motifs is 1. The minimum absolute atomic E-state index is 0.0793. The van der Waals surface area contributed by atoms with E-state index in [-0.39, 0.29) is 5.56 Å². The quantitative estimate of drug-likeness (QED) is 0.734. The summed E-state index contributed by atoms with van der Waals surface area (Å²) in [6.07, 6.45) is 5.52. The maximum absolute atomic E-state index is 12.5. The van der Waals surface area contributed by atoms with E-state index in [0.29, 0.717) is 12.4 Å². The average molecular weight is 398 g/mol. The number of H-pyrrole nitrogens is 1. The SMILES string of the molecule is O=c1[nH]c(-c2cncnc2)nc2c1CN(Cc1ccc(Br)cc1)CC2. The van der Waals surface area contributed by atoms with E-state index in [1.807, 2.05) is 12.1 Å². The van der Waals surface area contributed by atoms with E-state index in [1.165, 1.54) is 11.9 Å². The summed E-state index contributed by atoms with van der Waals surface area (Å²) >= 11 is 3.45. The van der Waals surface area contributed by atoms with Gasteiger partial charge in [0.15, 0.2) is 0 Å². The summed E-state index contributed by atoms with van der Waals surface area (Å²) in [5, 5.41) is 0. The second kappa shape index (κ2) is 6.85. The first kappa shape index (κ1) is 16.1. The molecule has 0 saturated heterocycles. The van der Waals surface area contributed by atoms with Crippen molar-refractivity contribution < 1.29 is 0 Å². The van der Waals surface area contributed by atoms with Crippen LogP contribution in [0.4, 0.5) is 0 Å². The maximum Gasteiger partial charge on any atom is 0.255 e. The Bertz CT molecular complexity index is 940. The number of hydrogen-bond acceptors (Lipinski definition) is 5. The Morgan fingerprint density at radius 3 is 2.68 bits per heavy atom. The molecule has 0 saturated carbocycles. The van der Waals surface area contributed by atoms with Crippen LogP contribution in [0.15, 0.2) is 52.3 Å². The van der Waals surface area contributed by atoms with Crippen molar-refractivity contribution in [2.24, 2.45) is 0 Å². The molecule has 0 aliphatic carbocycles. The highest BCUT2D eigenvalue weighted by Crippen LogP contribution is 2.20. The number of aromatic nitrogens is 4. The van der Waals surface area contributed by atoms with Crippen molar-refractivity contribution in [3.8, 4) is 11.4 Å². The molecule has 4 rings (SSSR count). The molecule has 3 heterocycles. The molecule has 7 heteroatoms. The van der Waals surface area contributed by atoms with E-state index in [1.54, 1.807) is 12.4 Å². The minimum Gasteiger partial charge on any atom is -0.306 e. The molecule has 0 unspecified atom stereocenters. The summed E-state index contributed by atoms with van der Waals surface area (Å²) in [6.45, 7) is 2.31. The van der Waals surface area contributed by atoms with E-state index in [0.717, 1.165) is 40.8 Å². The van der Waals surface area contributed by atoms with E-state index < -0.39 is 0 Å². The van der Waals surface area contributed by atoms with Crippen LogP contribution in [0.2, 0.25) is 0 Å². The fourth-order valence-electron chi connectivity index (χ4n) is 3.02. The predicted octanol–water partition coefficient (Wildman–Crippen LogP) is 2.55. The van der Waals surface area contributed by atoms with Gasteiger partial charge >= 0.3 is 0 Å². The average Bonchev–Trinajstić information content (AvgIpc) is 2.65. The van der Waals surface area contributed by atoms with Crippen LogP contribution in [0.25, 0.3) is 11.4 Å². The van der Waals surface area contributed by atoms with Crippen LogP contribution in [0, 0.1) is 0 Å². The van der Waals surface area contributed by atoms with Gasteiger partial charge in [-0.25, -0.2) is 15.0 Å². The minimum atomic E-state index is -0.0793. The Morgan fingerprint density at radius 2 is 1.92 bits per heavy atom. The van der Waals surface area contributed by atoms with Gasteiger partial charge in [0.1, 0.15) is 12.2 Å². The van der Waals surface area contributed by atoms with E-state index >= 15 is 0 Å². The fourth-order valence-corrected chi connectivity index (χ4v) is 3.29. The van der Waals surface area contributed by atoms with Crippen molar-refractivity contribution in [1.29, 1.82) is 0 Å². The van der Waals surface area contributed by atoms with Crippen LogP contribution >= 0.6 is 15.9 Å². The van der Waals surface area contributed by atoms with Crippen LogP contribution in [0.1, 0.15) is 16.8 Å². The molecule has 1 N–H and O–H groups in total.